The first kappa shape index (κ1) is 13.7. The Morgan fingerprint density at radius 2 is 2.14 bits per heavy atom. The second kappa shape index (κ2) is 5.25. The number of likely N-dealkylation sites (tertiary alicyclic amines) is 1. The van der Waals surface area contributed by atoms with Gasteiger partial charge in [0.2, 0.25) is 0 Å². The summed E-state index contributed by atoms with van der Waals surface area (Å²) in [6.07, 6.45) is 0. The highest BCUT2D eigenvalue weighted by Gasteiger charge is 2.34. The third-order valence-corrected chi connectivity index (χ3v) is 3.97. The lowest BCUT2D eigenvalue weighted by Crippen LogP contribution is -2.34. The van der Waals surface area contributed by atoms with Gasteiger partial charge >= 0.3 is 5.97 Å². The van der Waals surface area contributed by atoms with E-state index in [4.69, 9.17) is 5.11 Å². The fraction of sp³-hybridized carbons (Fsp3) is 0.429. The number of carboxylic acids is 1. The number of benzene rings is 1. The van der Waals surface area contributed by atoms with Gasteiger partial charge in [0.1, 0.15) is 5.52 Å². The first-order valence-corrected chi connectivity index (χ1v) is 6.84. The van der Waals surface area contributed by atoms with Crippen molar-refractivity contribution in [1.29, 1.82) is 0 Å². The van der Waals surface area contributed by atoms with Crippen molar-refractivity contribution in [3.05, 3.63) is 34.6 Å². The molecule has 7 nitrogen and oxygen atoms in total. The highest BCUT2D eigenvalue weighted by Crippen LogP contribution is 2.23. The van der Waals surface area contributed by atoms with E-state index in [0.717, 1.165) is 0 Å². The van der Waals surface area contributed by atoms with Gasteiger partial charge in [-0.3, -0.25) is 14.5 Å². The van der Waals surface area contributed by atoms with Gasteiger partial charge in [-0.2, -0.15) is 4.68 Å². The molecule has 1 aliphatic heterocycles. The molecule has 1 saturated heterocycles. The van der Waals surface area contributed by atoms with Crippen molar-refractivity contribution >= 4 is 16.9 Å². The van der Waals surface area contributed by atoms with Crippen molar-refractivity contribution in [2.75, 3.05) is 13.1 Å². The van der Waals surface area contributed by atoms with Crippen LogP contribution in [-0.4, -0.2) is 44.1 Å². The van der Waals surface area contributed by atoms with Crippen LogP contribution in [0.1, 0.15) is 6.92 Å². The maximum Gasteiger partial charge on any atom is 0.308 e. The van der Waals surface area contributed by atoms with Crippen LogP contribution in [0.3, 0.4) is 0 Å². The predicted molar refractivity (Wildman–Crippen MR) is 75.7 cm³/mol. The number of fused-ring (bicyclic) bond motifs is 1. The Bertz CT molecular complexity index is 742. The van der Waals surface area contributed by atoms with Crippen LogP contribution in [-0.2, 0) is 11.5 Å². The lowest BCUT2D eigenvalue weighted by Gasteiger charge is -2.15. The topological polar surface area (TPSA) is 88.3 Å². The number of hydrogen-bond acceptors (Lipinski definition) is 5. The zero-order valence-electron chi connectivity index (χ0n) is 11.6. The zero-order chi connectivity index (χ0) is 15.0. The van der Waals surface area contributed by atoms with Crippen LogP contribution in [0.5, 0.6) is 0 Å². The Balaban J connectivity index is 1.85. The lowest BCUT2D eigenvalue weighted by molar-refractivity contribution is -0.142. The molecule has 2 atom stereocenters. The third kappa shape index (κ3) is 2.52. The molecule has 3 rings (SSSR count). The normalized spacial score (nSPS) is 22.7. The fourth-order valence-electron chi connectivity index (χ4n) is 2.81. The molecule has 1 fully saturated rings. The van der Waals surface area contributed by atoms with Crippen LogP contribution in [0.4, 0.5) is 0 Å². The zero-order valence-corrected chi connectivity index (χ0v) is 11.6. The molecule has 1 aromatic carbocycles. The average molecular weight is 288 g/mol. The number of carboxylic acid groups (broad SMARTS) is 1. The standard InChI is InChI=1S/C14H16N4O3/c1-9-6-17(7-11(9)14(20)21)8-18-13(19)10-4-2-3-5-12(10)15-16-18/h2-5,9,11H,6-8H2,1H3,(H,20,21)/t9-,11-/m1/s1. The Hall–Kier alpha value is -2.28. The van der Waals surface area contributed by atoms with Crippen molar-refractivity contribution in [3.63, 3.8) is 0 Å². The van der Waals surface area contributed by atoms with E-state index in [1.165, 1.54) is 4.68 Å². The molecule has 1 aliphatic rings. The highest BCUT2D eigenvalue weighted by molar-refractivity contribution is 5.76. The summed E-state index contributed by atoms with van der Waals surface area (Å²) in [4.78, 5) is 25.4. The quantitative estimate of drug-likeness (QED) is 0.879. The summed E-state index contributed by atoms with van der Waals surface area (Å²) < 4.78 is 1.29. The average Bonchev–Trinajstić information content (AvgIpc) is 2.83. The minimum atomic E-state index is -0.790. The van der Waals surface area contributed by atoms with Crippen molar-refractivity contribution in [1.82, 2.24) is 19.9 Å². The fourth-order valence-corrected chi connectivity index (χ4v) is 2.81. The minimum absolute atomic E-state index is 0.0617. The second-order valence-corrected chi connectivity index (χ2v) is 5.51. The van der Waals surface area contributed by atoms with Crippen LogP contribution in [0.15, 0.2) is 29.1 Å². The third-order valence-electron chi connectivity index (χ3n) is 3.97. The van der Waals surface area contributed by atoms with Gasteiger partial charge in [-0.1, -0.05) is 24.3 Å². The minimum Gasteiger partial charge on any atom is -0.481 e. The summed E-state index contributed by atoms with van der Waals surface area (Å²) >= 11 is 0. The molecule has 0 aliphatic carbocycles. The van der Waals surface area contributed by atoms with Gasteiger partial charge in [-0.25, -0.2) is 0 Å². The summed E-state index contributed by atoms with van der Waals surface area (Å²) in [5, 5.41) is 17.6. The number of aliphatic carboxylic acids is 1. The van der Waals surface area contributed by atoms with Crippen LogP contribution >= 0.6 is 0 Å². The van der Waals surface area contributed by atoms with E-state index in [0.29, 0.717) is 24.0 Å². The van der Waals surface area contributed by atoms with Gasteiger partial charge in [0.25, 0.3) is 5.56 Å². The summed E-state index contributed by atoms with van der Waals surface area (Å²) in [6.45, 7) is 3.24. The SMILES string of the molecule is C[C@@H]1CN(Cn2nnc3ccccc3c2=O)C[C@H]1C(=O)O. The smallest absolute Gasteiger partial charge is 0.308 e. The van der Waals surface area contributed by atoms with E-state index in [9.17, 15) is 9.59 Å². The Morgan fingerprint density at radius 1 is 1.38 bits per heavy atom. The van der Waals surface area contributed by atoms with E-state index in [2.05, 4.69) is 10.3 Å². The van der Waals surface area contributed by atoms with E-state index in [1.807, 2.05) is 11.8 Å². The molecule has 1 N–H and O–H groups in total. The van der Waals surface area contributed by atoms with Gasteiger partial charge in [-0.05, 0) is 18.1 Å². The maximum atomic E-state index is 12.3. The molecule has 2 heterocycles. The number of carbonyl (C=O) groups is 1. The summed E-state index contributed by atoms with van der Waals surface area (Å²) in [5.41, 5.74) is 0.365. The van der Waals surface area contributed by atoms with Gasteiger partial charge in [0.15, 0.2) is 0 Å². The van der Waals surface area contributed by atoms with Gasteiger partial charge in [0.05, 0.1) is 18.0 Å². The summed E-state index contributed by atoms with van der Waals surface area (Å²) in [7, 11) is 0. The largest absolute Gasteiger partial charge is 0.481 e. The van der Waals surface area contributed by atoms with Crippen molar-refractivity contribution < 1.29 is 9.90 Å². The van der Waals surface area contributed by atoms with Crippen molar-refractivity contribution in [3.8, 4) is 0 Å². The molecule has 7 heteroatoms. The molecule has 0 radical (unpaired) electrons. The molecule has 0 saturated carbocycles. The van der Waals surface area contributed by atoms with Gasteiger partial charge in [0, 0.05) is 13.1 Å². The van der Waals surface area contributed by atoms with E-state index in [1.54, 1.807) is 24.3 Å². The molecular formula is C14H16N4O3. The molecule has 0 amide bonds. The number of nitrogens with zero attached hydrogens (tertiary/aromatic N) is 4. The Morgan fingerprint density at radius 3 is 2.86 bits per heavy atom. The van der Waals surface area contributed by atoms with Crippen LogP contribution in [0.25, 0.3) is 10.9 Å². The molecule has 110 valence electrons. The van der Waals surface area contributed by atoms with E-state index in [-0.39, 0.29) is 18.1 Å². The van der Waals surface area contributed by atoms with Crippen LogP contribution in [0.2, 0.25) is 0 Å². The van der Waals surface area contributed by atoms with Crippen molar-refractivity contribution in [2.24, 2.45) is 11.8 Å². The monoisotopic (exact) mass is 288 g/mol. The van der Waals surface area contributed by atoms with Gasteiger partial charge in [-0.15, -0.1) is 5.10 Å². The summed E-state index contributed by atoms with van der Waals surface area (Å²) in [5.74, 6) is -1.12. The van der Waals surface area contributed by atoms with Crippen LogP contribution in [0, 0.1) is 11.8 Å². The molecule has 1 aromatic heterocycles. The van der Waals surface area contributed by atoms with Crippen LogP contribution < -0.4 is 5.56 Å². The Labute approximate surface area is 120 Å². The molecule has 0 bridgehead atoms. The van der Waals surface area contributed by atoms with E-state index >= 15 is 0 Å². The molecule has 0 unspecified atom stereocenters. The van der Waals surface area contributed by atoms with Gasteiger partial charge < -0.3 is 5.11 Å². The number of rotatable bonds is 3. The Kier molecular flexibility index (Phi) is 3.42. The summed E-state index contributed by atoms with van der Waals surface area (Å²) in [6, 6.07) is 7.05. The lowest BCUT2D eigenvalue weighted by atomic mass is 9.99. The predicted octanol–water partition coefficient (Wildman–Crippen LogP) is 0.401. The first-order valence-electron chi connectivity index (χ1n) is 6.84. The molecular weight excluding hydrogens is 272 g/mol. The molecule has 2 aromatic rings. The first-order chi connectivity index (χ1) is 10.1. The molecule has 0 spiro atoms. The number of aromatic nitrogens is 3. The maximum absolute atomic E-state index is 12.3. The highest BCUT2D eigenvalue weighted by atomic mass is 16.4. The van der Waals surface area contributed by atoms with E-state index < -0.39 is 11.9 Å². The molecule has 21 heavy (non-hydrogen) atoms. The second-order valence-electron chi connectivity index (χ2n) is 5.51. The number of hydrogen-bond donors (Lipinski definition) is 1. The van der Waals surface area contributed by atoms with Crippen molar-refractivity contribution in [2.45, 2.75) is 13.6 Å².